The number of hydrogen-bond acceptors (Lipinski definition) is 7. The molecule has 0 bridgehead atoms. The summed E-state index contributed by atoms with van der Waals surface area (Å²) in [7, 11) is 0. The van der Waals surface area contributed by atoms with Gasteiger partial charge in [0.2, 0.25) is 0 Å². The van der Waals surface area contributed by atoms with Crippen LogP contribution < -0.4 is 16.0 Å². The molecule has 0 unspecified atom stereocenters. The van der Waals surface area contributed by atoms with Crippen molar-refractivity contribution in [2.45, 2.75) is 27.4 Å². The smallest absolute Gasteiger partial charge is 0.312 e. The van der Waals surface area contributed by atoms with Crippen molar-refractivity contribution in [2.24, 2.45) is 11.3 Å². The van der Waals surface area contributed by atoms with Crippen molar-refractivity contribution in [3.05, 3.63) is 70.4 Å². The number of fused-ring (bicyclic) bond motifs is 1. The highest BCUT2D eigenvalue weighted by Crippen LogP contribution is 2.32. The number of rotatable bonds is 5. The van der Waals surface area contributed by atoms with Crippen molar-refractivity contribution in [3.8, 4) is 5.75 Å². The maximum absolute atomic E-state index is 11.0. The second-order valence-corrected chi connectivity index (χ2v) is 7.43. The number of carboxylic acids is 1. The Kier molecular flexibility index (Phi) is 7.27. The third-order valence-corrected chi connectivity index (χ3v) is 4.05. The number of hydrazine groups is 1. The molecule has 0 aliphatic heterocycles. The summed E-state index contributed by atoms with van der Waals surface area (Å²) >= 11 is 0. The Morgan fingerprint density at radius 2 is 1.87 bits per heavy atom. The quantitative estimate of drug-likeness (QED) is 0.323. The van der Waals surface area contributed by atoms with E-state index in [0.717, 1.165) is 5.56 Å². The van der Waals surface area contributed by atoms with Crippen LogP contribution in [0.5, 0.6) is 5.75 Å². The third kappa shape index (κ3) is 5.89. The van der Waals surface area contributed by atoms with E-state index in [1.54, 1.807) is 39.0 Å². The minimum Gasteiger partial charge on any atom is -0.489 e. The van der Waals surface area contributed by atoms with Crippen LogP contribution in [0.3, 0.4) is 0 Å². The zero-order valence-electron chi connectivity index (χ0n) is 17.0. The Balaban J connectivity index is 0.000000396. The van der Waals surface area contributed by atoms with Crippen LogP contribution in [0.15, 0.2) is 54.7 Å². The number of carbonyl (C=O) groups is 1. The van der Waals surface area contributed by atoms with Crippen molar-refractivity contribution in [1.82, 2.24) is 4.98 Å². The van der Waals surface area contributed by atoms with Gasteiger partial charge in [-0.1, -0.05) is 30.3 Å². The standard InChI is InChI=1S/C16H14N4O3.C5H10O2/c17-19-16-13-7-6-12(23-10-11-4-2-1-3-5-11)8-14(13)18-9-15(16)20(21)22;1-5(2,3)4(6)7/h1-9H,10,17H2,(H,18,19);1-3H3,(H,6,7). The van der Waals surface area contributed by atoms with Gasteiger partial charge >= 0.3 is 11.7 Å². The van der Waals surface area contributed by atoms with Crippen LogP contribution in [0, 0.1) is 15.5 Å². The highest BCUT2D eigenvalue weighted by atomic mass is 16.6. The van der Waals surface area contributed by atoms with Crippen molar-refractivity contribution >= 4 is 28.2 Å². The van der Waals surface area contributed by atoms with Crippen LogP contribution in [0.1, 0.15) is 26.3 Å². The number of pyridine rings is 1. The molecule has 3 rings (SSSR count). The third-order valence-electron chi connectivity index (χ3n) is 4.05. The zero-order chi connectivity index (χ0) is 22.3. The van der Waals surface area contributed by atoms with Gasteiger partial charge in [-0.2, -0.15) is 0 Å². The lowest BCUT2D eigenvalue weighted by atomic mass is 9.98. The number of ether oxygens (including phenoxy) is 1. The van der Waals surface area contributed by atoms with Gasteiger partial charge in [-0.25, -0.2) is 4.98 Å². The normalized spacial score (nSPS) is 10.7. The average molecular weight is 412 g/mol. The van der Waals surface area contributed by atoms with Crippen LogP contribution >= 0.6 is 0 Å². The number of aromatic nitrogens is 1. The molecule has 0 spiro atoms. The minimum absolute atomic E-state index is 0.169. The number of nitro groups is 1. The Labute approximate surface area is 173 Å². The SMILES string of the molecule is CC(C)(C)C(=O)O.NNc1c([N+](=O)[O-])cnc2cc(OCc3ccccc3)ccc12. The lowest BCUT2D eigenvalue weighted by molar-refractivity contribution is -0.384. The predicted molar refractivity (Wildman–Crippen MR) is 114 cm³/mol. The molecule has 1 aromatic heterocycles. The molecule has 0 saturated heterocycles. The van der Waals surface area contributed by atoms with E-state index in [1.807, 2.05) is 30.3 Å². The minimum atomic E-state index is -0.757. The van der Waals surface area contributed by atoms with Crippen molar-refractivity contribution < 1.29 is 19.6 Å². The van der Waals surface area contributed by atoms with Gasteiger partial charge in [-0.05, 0) is 38.5 Å². The number of nitrogen functional groups attached to an aromatic ring is 1. The fraction of sp³-hybridized carbons (Fsp3) is 0.238. The van der Waals surface area contributed by atoms with Crippen LogP contribution in [-0.4, -0.2) is 21.0 Å². The monoisotopic (exact) mass is 412 g/mol. The number of nitrogens with zero attached hydrogens (tertiary/aromatic N) is 2. The van der Waals surface area contributed by atoms with Gasteiger partial charge in [0, 0.05) is 11.5 Å². The number of benzene rings is 2. The van der Waals surface area contributed by atoms with Crippen LogP contribution in [0.2, 0.25) is 0 Å². The maximum Gasteiger partial charge on any atom is 0.312 e. The summed E-state index contributed by atoms with van der Waals surface area (Å²) in [5, 5.41) is 19.8. The molecule has 1 heterocycles. The molecule has 0 atom stereocenters. The van der Waals surface area contributed by atoms with Gasteiger partial charge < -0.3 is 15.3 Å². The maximum atomic E-state index is 11.0. The second kappa shape index (κ2) is 9.66. The van der Waals surface area contributed by atoms with E-state index >= 15 is 0 Å². The van der Waals surface area contributed by atoms with Gasteiger partial charge in [-0.15, -0.1) is 0 Å². The number of nitrogens with two attached hydrogens (primary N) is 1. The molecule has 158 valence electrons. The Morgan fingerprint density at radius 1 is 1.23 bits per heavy atom. The van der Waals surface area contributed by atoms with Gasteiger partial charge in [0.1, 0.15) is 24.2 Å². The van der Waals surface area contributed by atoms with E-state index in [4.69, 9.17) is 15.7 Å². The van der Waals surface area contributed by atoms with Crippen molar-refractivity contribution in [2.75, 3.05) is 5.43 Å². The Hall–Kier alpha value is -3.72. The van der Waals surface area contributed by atoms with E-state index in [2.05, 4.69) is 10.4 Å². The number of hydrogen-bond donors (Lipinski definition) is 3. The van der Waals surface area contributed by atoms with Gasteiger partial charge in [0.15, 0.2) is 0 Å². The lowest BCUT2D eigenvalue weighted by Crippen LogP contribution is -2.18. The molecule has 0 radical (unpaired) electrons. The molecule has 0 saturated carbocycles. The molecule has 0 fully saturated rings. The molecule has 0 aliphatic carbocycles. The van der Waals surface area contributed by atoms with E-state index in [-0.39, 0.29) is 11.4 Å². The van der Waals surface area contributed by atoms with E-state index in [0.29, 0.717) is 23.3 Å². The topological polar surface area (TPSA) is 141 Å². The molecule has 4 N–H and O–H groups in total. The summed E-state index contributed by atoms with van der Waals surface area (Å²) in [6, 6.07) is 14.9. The summed E-state index contributed by atoms with van der Waals surface area (Å²) in [6.45, 7) is 5.42. The summed E-state index contributed by atoms with van der Waals surface area (Å²) in [6.07, 6.45) is 1.18. The first kappa shape index (κ1) is 22.6. The first-order valence-corrected chi connectivity index (χ1v) is 9.07. The molecule has 2 aromatic carbocycles. The number of carboxylic acid groups (broad SMARTS) is 1. The molecule has 9 heteroatoms. The number of anilines is 1. The molecule has 0 aliphatic rings. The summed E-state index contributed by atoms with van der Waals surface area (Å²) < 4.78 is 5.73. The number of aliphatic carboxylic acids is 1. The second-order valence-electron chi connectivity index (χ2n) is 7.43. The van der Waals surface area contributed by atoms with E-state index in [1.165, 1.54) is 6.20 Å². The molecular formula is C21H24N4O5. The predicted octanol–water partition coefficient (Wildman–Crippen LogP) is 4.12. The fourth-order valence-corrected chi connectivity index (χ4v) is 2.28. The zero-order valence-corrected chi connectivity index (χ0v) is 17.0. The summed E-state index contributed by atoms with van der Waals surface area (Å²) in [5.74, 6) is 5.29. The Morgan fingerprint density at radius 3 is 2.40 bits per heavy atom. The Bertz CT molecular complexity index is 1030. The van der Waals surface area contributed by atoms with Gasteiger partial charge in [-0.3, -0.25) is 20.8 Å². The largest absolute Gasteiger partial charge is 0.489 e. The van der Waals surface area contributed by atoms with Crippen molar-refractivity contribution in [1.29, 1.82) is 0 Å². The highest BCUT2D eigenvalue weighted by Gasteiger charge is 2.19. The van der Waals surface area contributed by atoms with E-state index < -0.39 is 16.3 Å². The fourth-order valence-electron chi connectivity index (χ4n) is 2.28. The molecule has 0 amide bonds. The molecule has 30 heavy (non-hydrogen) atoms. The lowest BCUT2D eigenvalue weighted by Gasteiger charge is -2.09. The molecular weight excluding hydrogens is 388 g/mol. The molecule has 3 aromatic rings. The van der Waals surface area contributed by atoms with E-state index in [9.17, 15) is 14.9 Å². The average Bonchev–Trinajstić information content (AvgIpc) is 2.71. The van der Waals surface area contributed by atoms with Crippen molar-refractivity contribution in [3.63, 3.8) is 0 Å². The van der Waals surface area contributed by atoms with Crippen LogP contribution in [0.25, 0.3) is 10.9 Å². The summed E-state index contributed by atoms with van der Waals surface area (Å²) in [5.41, 5.74) is 3.47. The first-order valence-electron chi connectivity index (χ1n) is 9.07. The summed E-state index contributed by atoms with van der Waals surface area (Å²) in [4.78, 5) is 24.6. The first-order chi connectivity index (χ1) is 14.1. The van der Waals surface area contributed by atoms with Gasteiger partial charge in [0.25, 0.3) is 0 Å². The van der Waals surface area contributed by atoms with Gasteiger partial charge in [0.05, 0.1) is 15.9 Å². The van der Waals surface area contributed by atoms with Crippen LogP contribution in [-0.2, 0) is 11.4 Å². The molecule has 9 nitrogen and oxygen atoms in total. The van der Waals surface area contributed by atoms with Crippen LogP contribution in [0.4, 0.5) is 11.4 Å². The number of nitrogens with one attached hydrogen (secondary N) is 1. The highest BCUT2D eigenvalue weighted by molar-refractivity contribution is 5.96.